The van der Waals surface area contributed by atoms with E-state index in [1.807, 2.05) is 12.1 Å². The second-order valence-corrected chi connectivity index (χ2v) is 4.55. The zero-order valence-electron chi connectivity index (χ0n) is 8.13. The summed E-state index contributed by atoms with van der Waals surface area (Å²) in [6.45, 7) is 0.191. The fraction of sp³-hybridized carbons (Fsp3) is 0.300. The van der Waals surface area contributed by atoms with Gasteiger partial charge in [0.25, 0.3) is 0 Å². The van der Waals surface area contributed by atoms with E-state index in [1.165, 1.54) is 7.11 Å². The predicted molar refractivity (Wildman–Crippen MR) is 65.8 cm³/mol. The van der Waals surface area contributed by atoms with E-state index < -0.39 is 0 Å². The third kappa shape index (κ3) is 4.81. The Hall–Kier alpha value is -0.330. The van der Waals surface area contributed by atoms with Crippen LogP contribution in [0.4, 0.5) is 0 Å². The zero-order chi connectivity index (χ0) is 11.3. The van der Waals surface area contributed by atoms with Gasteiger partial charge in [-0.05, 0) is 46.4 Å². The molecule has 0 radical (unpaired) electrons. The van der Waals surface area contributed by atoms with E-state index >= 15 is 0 Å². The maximum Gasteiger partial charge on any atom is 0.332 e. The van der Waals surface area contributed by atoms with E-state index in [9.17, 15) is 4.79 Å². The molecule has 0 heterocycles. The zero-order valence-corrected chi connectivity index (χ0v) is 11.0. The average Bonchev–Trinajstić information content (AvgIpc) is 2.14. The Balaban J connectivity index is 2.54. The van der Waals surface area contributed by atoms with E-state index in [0.29, 0.717) is 5.02 Å². The normalized spacial score (nSPS) is 10.1. The minimum Gasteiger partial charge on any atom is -0.459 e. The monoisotopic (exact) mass is 340 g/mol. The molecule has 0 atom stereocenters. The summed E-state index contributed by atoms with van der Waals surface area (Å²) in [4.78, 5) is 11.0. The highest BCUT2D eigenvalue weighted by Crippen LogP contribution is 2.17. The number of ether oxygens (including phenoxy) is 2. The number of rotatable bonds is 4. The molecule has 5 heteroatoms. The molecular weight excluding hydrogens is 330 g/mol. The second kappa shape index (κ2) is 6.30. The van der Waals surface area contributed by atoms with Gasteiger partial charge < -0.3 is 9.47 Å². The minimum atomic E-state index is -0.382. The molecule has 1 aromatic rings. The SMILES string of the molecule is COCC(=O)OCc1cc(Cl)cc(I)c1. The molecule has 0 N–H and O–H groups in total. The quantitative estimate of drug-likeness (QED) is 0.624. The Morgan fingerprint density at radius 2 is 2.20 bits per heavy atom. The smallest absolute Gasteiger partial charge is 0.332 e. The number of hydrogen-bond acceptors (Lipinski definition) is 3. The number of carbonyl (C=O) groups is 1. The van der Waals surface area contributed by atoms with Crippen LogP contribution >= 0.6 is 34.2 Å². The van der Waals surface area contributed by atoms with Gasteiger partial charge in [-0.2, -0.15) is 0 Å². The second-order valence-electron chi connectivity index (χ2n) is 2.87. The molecule has 0 aliphatic rings. The van der Waals surface area contributed by atoms with Gasteiger partial charge in [-0.15, -0.1) is 0 Å². The molecule has 1 rings (SSSR count). The van der Waals surface area contributed by atoms with E-state index in [0.717, 1.165) is 9.13 Å². The van der Waals surface area contributed by atoms with Crippen LogP contribution in [0.1, 0.15) is 5.56 Å². The molecular formula is C10H10ClIO3. The van der Waals surface area contributed by atoms with Gasteiger partial charge >= 0.3 is 5.97 Å². The molecule has 0 bridgehead atoms. The lowest BCUT2D eigenvalue weighted by molar-refractivity contribution is -0.149. The summed E-state index contributed by atoms with van der Waals surface area (Å²) in [7, 11) is 1.45. The lowest BCUT2D eigenvalue weighted by Crippen LogP contribution is -2.10. The molecule has 3 nitrogen and oxygen atoms in total. The van der Waals surface area contributed by atoms with Crippen molar-refractivity contribution in [3.8, 4) is 0 Å². The standard InChI is InChI=1S/C10H10ClIO3/c1-14-6-10(13)15-5-7-2-8(11)4-9(12)3-7/h2-4H,5-6H2,1H3. The molecule has 0 aliphatic heterocycles. The first-order valence-electron chi connectivity index (χ1n) is 4.21. The molecule has 82 valence electrons. The first-order valence-corrected chi connectivity index (χ1v) is 5.67. The van der Waals surface area contributed by atoms with E-state index in [4.69, 9.17) is 16.3 Å². The summed E-state index contributed by atoms with van der Waals surface area (Å²) in [5.74, 6) is -0.382. The van der Waals surface area contributed by atoms with Crippen LogP contribution in [0.3, 0.4) is 0 Å². The Morgan fingerprint density at radius 3 is 2.80 bits per heavy atom. The summed E-state index contributed by atoms with van der Waals surface area (Å²) in [5, 5.41) is 0.639. The Labute approximate surface area is 107 Å². The van der Waals surface area contributed by atoms with Crippen molar-refractivity contribution in [1.82, 2.24) is 0 Å². The predicted octanol–water partition coefficient (Wildman–Crippen LogP) is 2.63. The van der Waals surface area contributed by atoms with Crippen LogP contribution in [-0.4, -0.2) is 19.7 Å². The Kier molecular flexibility index (Phi) is 5.35. The summed E-state index contributed by atoms with van der Waals surface area (Å²) in [6.07, 6.45) is 0. The molecule has 15 heavy (non-hydrogen) atoms. The molecule has 0 aromatic heterocycles. The molecule has 0 aliphatic carbocycles. The van der Waals surface area contributed by atoms with Crippen LogP contribution in [0.2, 0.25) is 5.02 Å². The first-order chi connectivity index (χ1) is 7.11. The summed E-state index contributed by atoms with van der Waals surface area (Å²) in [5.41, 5.74) is 0.872. The fourth-order valence-corrected chi connectivity index (χ4v) is 2.19. The molecule has 0 saturated heterocycles. The molecule has 0 fully saturated rings. The van der Waals surface area contributed by atoms with Crippen molar-refractivity contribution in [3.05, 3.63) is 32.4 Å². The molecule has 0 spiro atoms. The molecule has 0 unspecified atom stereocenters. The summed E-state index contributed by atoms with van der Waals surface area (Å²) in [6, 6.07) is 5.51. The van der Waals surface area contributed by atoms with Crippen LogP contribution < -0.4 is 0 Å². The van der Waals surface area contributed by atoms with Gasteiger partial charge in [-0.1, -0.05) is 11.6 Å². The van der Waals surface area contributed by atoms with Gasteiger partial charge in [-0.3, -0.25) is 0 Å². The number of methoxy groups -OCH3 is 1. The van der Waals surface area contributed by atoms with Gasteiger partial charge in [0.15, 0.2) is 0 Å². The molecule has 0 saturated carbocycles. The highest BCUT2D eigenvalue weighted by atomic mass is 127. The highest BCUT2D eigenvalue weighted by molar-refractivity contribution is 14.1. The number of benzene rings is 1. The van der Waals surface area contributed by atoms with Crippen molar-refractivity contribution in [3.63, 3.8) is 0 Å². The van der Waals surface area contributed by atoms with Crippen molar-refractivity contribution < 1.29 is 14.3 Å². The number of halogens is 2. The van der Waals surface area contributed by atoms with Gasteiger partial charge in [0.1, 0.15) is 13.2 Å². The summed E-state index contributed by atoms with van der Waals surface area (Å²) < 4.78 is 10.6. The van der Waals surface area contributed by atoms with Crippen LogP contribution in [0, 0.1) is 3.57 Å². The van der Waals surface area contributed by atoms with Crippen molar-refractivity contribution in [2.24, 2.45) is 0 Å². The molecule has 0 amide bonds. The largest absolute Gasteiger partial charge is 0.459 e. The van der Waals surface area contributed by atoms with Gasteiger partial charge in [0, 0.05) is 15.7 Å². The van der Waals surface area contributed by atoms with Crippen LogP contribution in [0.5, 0.6) is 0 Å². The van der Waals surface area contributed by atoms with Crippen LogP contribution in [0.25, 0.3) is 0 Å². The number of esters is 1. The Bertz CT molecular complexity index is 334. The molecule has 1 aromatic carbocycles. The van der Waals surface area contributed by atoms with Crippen molar-refractivity contribution in [2.75, 3.05) is 13.7 Å². The van der Waals surface area contributed by atoms with Crippen LogP contribution in [-0.2, 0) is 20.9 Å². The lowest BCUT2D eigenvalue weighted by Gasteiger charge is -2.05. The first kappa shape index (κ1) is 12.7. The number of carbonyl (C=O) groups excluding carboxylic acids is 1. The maximum atomic E-state index is 11.0. The third-order valence-corrected chi connectivity index (χ3v) is 2.43. The van der Waals surface area contributed by atoms with Gasteiger partial charge in [-0.25, -0.2) is 4.79 Å². The fourth-order valence-electron chi connectivity index (χ4n) is 1.02. The summed E-state index contributed by atoms with van der Waals surface area (Å²) >= 11 is 8.01. The van der Waals surface area contributed by atoms with Crippen molar-refractivity contribution in [1.29, 1.82) is 0 Å². The van der Waals surface area contributed by atoms with E-state index in [-0.39, 0.29) is 19.2 Å². The highest BCUT2D eigenvalue weighted by Gasteiger charge is 2.03. The average molecular weight is 341 g/mol. The van der Waals surface area contributed by atoms with Crippen molar-refractivity contribution in [2.45, 2.75) is 6.61 Å². The third-order valence-electron chi connectivity index (χ3n) is 1.58. The minimum absolute atomic E-state index is 0.0301. The van der Waals surface area contributed by atoms with Gasteiger partial charge in [0.2, 0.25) is 0 Å². The van der Waals surface area contributed by atoms with Gasteiger partial charge in [0.05, 0.1) is 0 Å². The Morgan fingerprint density at radius 1 is 1.47 bits per heavy atom. The van der Waals surface area contributed by atoms with Crippen LogP contribution in [0.15, 0.2) is 18.2 Å². The maximum absolute atomic E-state index is 11.0. The van der Waals surface area contributed by atoms with Crippen molar-refractivity contribution >= 4 is 40.2 Å². The van der Waals surface area contributed by atoms with E-state index in [2.05, 4.69) is 27.3 Å². The topological polar surface area (TPSA) is 35.5 Å². The number of hydrogen-bond donors (Lipinski definition) is 0. The van der Waals surface area contributed by atoms with E-state index in [1.54, 1.807) is 6.07 Å². The lowest BCUT2D eigenvalue weighted by atomic mass is 10.2.